The summed E-state index contributed by atoms with van der Waals surface area (Å²) >= 11 is 0. The number of nitrogens with zero attached hydrogens (tertiary/aromatic N) is 5. The van der Waals surface area contributed by atoms with Crippen LogP contribution < -0.4 is 25.0 Å². The number of fused-ring (bicyclic) bond motifs is 1. The first kappa shape index (κ1) is 32.8. The molecule has 0 saturated carbocycles. The van der Waals surface area contributed by atoms with E-state index in [-0.39, 0.29) is 18.8 Å². The smallest absolute Gasteiger partial charge is 0.246 e. The zero-order chi connectivity index (χ0) is 33.2. The van der Waals surface area contributed by atoms with Crippen LogP contribution in [0.25, 0.3) is 10.9 Å². The molecule has 3 aromatic carbocycles. The van der Waals surface area contributed by atoms with E-state index in [0.717, 1.165) is 23.7 Å². The summed E-state index contributed by atoms with van der Waals surface area (Å²) in [6.45, 7) is 5.25. The number of methoxy groups -OCH3 is 1. The van der Waals surface area contributed by atoms with E-state index in [9.17, 15) is 18.7 Å². The number of hydrogen-bond acceptors (Lipinski definition) is 9. The summed E-state index contributed by atoms with van der Waals surface area (Å²) in [7, 11) is 1.55. The molecule has 2 heterocycles. The summed E-state index contributed by atoms with van der Waals surface area (Å²) in [4.78, 5) is 23.3. The van der Waals surface area contributed by atoms with Crippen molar-refractivity contribution in [2.75, 3.05) is 48.9 Å². The molecule has 0 radical (unpaired) electrons. The van der Waals surface area contributed by atoms with E-state index in [4.69, 9.17) is 9.47 Å². The highest BCUT2D eigenvalue weighted by Crippen LogP contribution is 2.35. The van der Waals surface area contributed by atoms with Gasteiger partial charge in [-0.15, -0.1) is 6.58 Å². The SMILES string of the molecule is C=CCc1ccccc1N(CCO)CCCOc1cc2ncnc(Nc3cnn(CC(=O)Nc4cccc(F)c4F)c3)c2cc1OC. The lowest BCUT2D eigenvalue weighted by Gasteiger charge is -2.26. The second-order valence-corrected chi connectivity index (χ2v) is 10.5. The van der Waals surface area contributed by atoms with Crippen molar-refractivity contribution >= 4 is 39.7 Å². The van der Waals surface area contributed by atoms with Gasteiger partial charge in [-0.1, -0.05) is 30.3 Å². The largest absolute Gasteiger partial charge is 0.493 e. The van der Waals surface area contributed by atoms with Gasteiger partial charge in [0, 0.05) is 36.4 Å². The molecule has 0 aliphatic carbocycles. The molecule has 0 bridgehead atoms. The highest BCUT2D eigenvalue weighted by atomic mass is 19.2. The topological polar surface area (TPSA) is 127 Å². The summed E-state index contributed by atoms with van der Waals surface area (Å²) < 4.78 is 40.5. The third-order valence-electron chi connectivity index (χ3n) is 7.24. The number of carbonyl (C=O) groups is 1. The minimum atomic E-state index is -1.13. The van der Waals surface area contributed by atoms with Crippen LogP contribution in [0.15, 0.2) is 86.0 Å². The third-order valence-corrected chi connectivity index (χ3v) is 7.24. The van der Waals surface area contributed by atoms with E-state index in [1.807, 2.05) is 24.3 Å². The van der Waals surface area contributed by atoms with E-state index in [0.29, 0.717) is 60.0 Å². The molecule has 0 unspecified atom stereocenters. The molecule has 0 aliphatic heterocycles. The van der Waals surface area contributed by atoms with Crippen molar-refractivity contribution in [2.45, 2.75) is 19.4 Å². The maximum absolute atomic E-state index is 13.9. The van der Waals surface area contributed by atoms with Crippen LogP contribution in [-0.4, -0.2) is 64.2 Å². The van der Waals surface area contributed by atoms with Gasteiger partial charge in [-0.3, -0.25) is 9.48 Å². The Morgan fingerprint density at radius 1 is 1.11 bits per heavy atom. The van der Waals surface area contributed by atoms with Crippen LogP contribution in [0.2, 0.25) is 0 Å². The number of carbonyl (C=O) groups excluding carboxylic acids is 1. The fraction of sp³-hybridized carbons (Fsp3) is 0.235. The van der Waals surface area contributed by atoms with Crippen molar-refractivity contribution in [3.05, 3.63) is 103 Å². The summed E-state index contributed by atoms with van der Waals surface area (Å²) in [6, 6.07) is 15.2. The van der Waals surface area contributed by atoms with Gasteiger partial charge in [0.1, 0.15) is 18.7 Å². The molecule has 2 aromatic heterocycles. The third kappa shape index (κ3) is 8.19. The van der Waals surface area contributed by atoms with Crippen molar-refractivity contribution in [3.63, 3.8) is 0 Å². The van der Waals surface area contributed by atoms with E-state index in [1.54, 1.807) is 25.4 Å². The maximum atomic E-state index is 13.9. The molecule has 244 valence electrons. The Balaban J connectivity index is 1.23. The lowest BCUT2D eigenvalue weighted by Crippen LogP contribution is -2.29. The van der Waals surface area contributed by atoms with Crippen molar-refractivity contribution in [2.24, 2.45) is 0 Å². The van der Waals surface area contributed by atoms with Gasteiger partial charge in [-0.05, 0) is 42.7 Å². The molecule has 1 amide bonds. The minimum Gasteiger partial charge on any atom is -0.493 e. The standard InChI is InChI=1S/C34H35F2N7O4/c1-3-8-23-9-4-5-12-29(23)42(14-15-44)13-7-16-47-31-18-28-25(17-30(31)46-2)34(38-22-37-28)40-24-19-39-43(20-24)21-32(45)41-27-11-6-10-26(35)33(27)36/h3-6,9-12,17-20,22,44H,1,7-8,13-16,21H2,2H3,(H,41,45)(H,37,38,40). The van der Waals surface area contributed by atoms with E-state index in [2.05, 4.69) is 43.2 Å². The second-order valence-electron chi connectivity index (χ2n) is 10.5. The number of ether oxygens (including phenoxy) is 2. The molecule has 5 rings (SSSR count). The number of hydrogen-bond donors (Lipinski definition) is 3. The molecule has 5 aromatic rings. The molecular formula is C34H35F2N7O4. The first-order chi connectivity index (χ1) is 22.9. The van der Waals surface area contributed by atoms with Gasteiger partial charge in [0.15, 0.2) is 23.1 Å². The first-order valence-corrected chi connectivity index (χ1v) is 14.9. The molecule has 0 fully saturated rings. The number of rotatable bonds is 16. The molecule has 0 atom stereocenters. The first-order valence-electron chi connectivity index (χ1n) is 14.9. The van der Waals surface area contributed by atoms with Crippen molar-refractivity contribution in [1.29, 1.82) is 0 Å². The van der Waals surface area contributed by atoms with Gasteiger partial charge in [0.2, 0.25) is 5.91 Å². The van der Waals surface area contributed by atoms with Gasteiger partial charge in [-0.25, -0.2) is 18.7 Å². The average Bonchev–Trinajstić information content (AvgIpc) is 3.51. The zero-order valence-electron chi connectivity index (χ0n) is 25.8. The fourth-order valence-corrected chi connectivity index (χ4v) is 5.08. The Morgan fingerprint density at radius 2 is 1.96 bits per heavy atom. The van der Waals surface area contributed by atoms with E-state index < -0.39 is 17.5 Å². The monoisotopic (exact) mass is 643 g/mol. The van der Waals surface area contributed by atoms with E-state index in [1.165, 1.54) is 29.3 Å². The summed E-state index contributed by atoms with van der Waals surface area (Å²) in [5, 5.41) is 20.0. The van der Waals surface area contributed by atoms with Crippen molar-refractivity contribution in [3.8, 4) is 11.5 Å². The number of amides is 1. The molecule has 0 spiro atoms. The molecule has 11 nitrogen and oxygen atoms in total. The predicted molar refractivity (Wildman–Crippen MR) is 176 cm³/mol. The van der Waals surface area contributed by atoms with Crippen LogP contribution in [-0.2, 0) is 17.8 Å². The van der Waals surface area contributed by atoms with Crippen LogP contribution in [0.5, 0.6) is 11.5 Å². The number of allylic oxidation sites excluding steroid dienone is 1. The Kier molecular flexibility index (Phi) is 10.9. The van der Waals surface area contributed by atoms with Gasteiger partial charge in [0.05, 0.1) is 43.4 Å². The molecule has 0 aliphatic rings. The second kappa shape index (κ2) is 15.6. The molecule has 13 heteroatoms. The number of aromatic nitrogens is 4. The quantitative estimate of drug-likeness (QED) is 0.0945. The zero-order valence-corrected chi connectivity index (χ0v) is 25.8. The van der Waals surface area contributed by atoms with Crippen LogP contribution in [0.1, 0.15) is 12.0 Å². The normalized spacial score (nSPS) is 10.9. The molecular weight excluding hydrogens is 608 g/mol. The summed E-state index contributed by atoms with van der Waals surface area (Å²) in [5.41, 5.74) is 3.11. The number of benzene rings is 3. The highest BCUT2D eigenvalue weighted by Gasteiger charge is 2.15. The number of nitrogens with one attached hydrogen (secondary N) is 2. The lowest BCUT2D eigenvalue weighted by molar-refractivity contribution is -0.116. The summed E-state index contributed by atoms with van der Waals surface area (Å²) in [5.74, 6) is -1.26. The van der Waals surface area contributed by atoms with Crippen LogP contribution >= 0.6 is 0 Å². The molecule has 3 N–H and O–H groups in total. The van der Waals surface area contributed by atoms with E-state index >= 15 is 0 Å². The number of para-hydroxylation sites is 1. The Morgan fingerprint density at radius 3 is 2.77 bits per heavy atom. The highest BCUT2D eigenvalue weighted by molar-refractivity contribution is 5.93. The Hall–Kier alpha value is -5.56. The van der Waals surface area contributed by atoms with Crippen LogP contribution in [0.3, 0.4) is 0 Å². The number of aliphatic hydroxyl groups is 1. The minimum absolute atomic E-state index is 0.0335. The van der Waals surface area contributed by atoms with Gasteiger partial charge in [0.25, 0.3) is 0 Å². The number of halogens is 2. The van der Waals surface area contributed by atoms with Crippen LogP contribution in [0, 0.1) is 11.6 Å². The number of aliphatic hydroxyl groups excluding tert-OH is 1. The molecule has 47 heavy (non-hydrogen) atoms. The summed E-state index contributed by atoms with van der Waals surface area (Å²) in [6.07, 6.45) is 7.81. The Bertz CT molecular complexity index is 1850. The van der Waals surface area contributed by atoms with Crippen molar-refractivity contribution < 1.29 is 28.2 Å². The fourth-order valence-electron chi connectivity index (χ4n) is 5.08. The van der Waals surface area contributed by atoms with Gasteiger partial charge < -0.3 is 30.1 Å². The van der Waals surface area contributed by atoms with Crippen molar-refractivity contribution in [1.82, 2.24) is 19.7 Å². The lowest BCUT2D eigenvalue weighted by atomic mass is 10.1. The van der Waals surface area contributed by atoms with Gasteiger partial charge in [-0.2, -0.15) is 5.10 Å². The van der Waals surface area contributed by atoms with Gasteiger partial charge >= 0.3 is 0 Å². The predicted octanol–water partition coefficient (Wildman–Crippen LogP) is 5.49. The maximum Gasteiger partial charge on any atom is 0.246 e. The van der Waals surface area contributed by atoms with Crippen LogP contribution in [0.4, 0.5) is 31.7 Å². The number of anilines is 4. The average molecular weight is 644 g/mol. The molecule has 0 saturated heterocycles. The Labute approximate surface area is 270 Å².